The number of carbonyl (C=O) groups excluding carboxylic acids is 2. The summed E-state index contributed by atoms with van der Waals surface area (Å²) in [5, 5.41) is 2.99. The zero-order valence-corrected chi connectivity index (χ0v) is 15.4. The molecule has 5 heteroatoms. The summed E-state index contributed by atoms with van der Waals surface area (Å²) in [6, 6.07) is 13.7. The number of nitrogens with zero attached hydrogens (tertiary/aromatic N) is 2. The summed E-state index contributed by atoms with van der Waals surface area (Å²) in [7, 11) is 0. The molecule has 1 aromatic heterocycles. The van der Waals surface area contributed by atoms with Crippen molar-refractivity contribution in [3.05, 3.63) is 59.9 Å². The fraction of sp³-hybridized carbons (Fsp3) is 0.409. The summed E-state index contributed by atoms with van der Waals surface area (Å²) in [6.07, 6.45) is 6.20. The standard InChI is InChI=1S/C22H25N3O2/c26-21(24-15-17-8-5-6-13-23-17)18-9-2-3-10-19(18)22(27)25-14-12-16-7-1-4-11-20(16)25/h1,4-8,11,13,18-19H,2-3,9-10,12,14-15H2,(H,24,26). The van der Waals surface area contributed by atoms with Gasteiger partial charge in [-0.2, -0.15) is 0 Å². The van der Waals surface area contributed by atoms with Gasteiger partial charge in [0.2, 0.25) is 11.8 Å². The van der Waals surface area contributed by atoms with E-state index >= 15 is 0 Å². The van der Waals surface area contributed by atoms with Gasteiger partial charge in [-0.3, -0.25) is 14.6 Å². The average Bonchev–Trinajstić information content (AvgIpc) is 3.16. The number of hydrogen-bond acceptors (Lipinski definition) is 3. The summed E-state index contributed by atoms with van der Waals surface area (Å²) in [5.41, 5.74) is 3.07. The van der Waals surface area contributed by atoms with Crippen molar-refractivity contribution in [2.24, 2.45) is 11.8 Å². The van der Waals surface area contributed by atoms with Crippen molar-refractivity contribution < 1.29 is 9.59 Å². The number of amides is 2. The van der Waals surface area contributed by atoms with Crippen molar-refractivity contribution in [1.29, 1.82) is 0 Å². The Hall–Kier alpha value is -2.69. The lowest BCUT2D eigenvalue weighted by molar-refractivity contribution is -0.135. The average molecular weight is 363 g/mol. The number of carbonyl (C=O) groups is 2. The summed E-state index contributed by atoms with van der Waals surface area (Å²) >= 11 is 0. The lowest BCUT2D eigenvalue weighted by Gasteiger charge is -2.32. The number of fused-ring (bicyclic) bond motifs is 1. The number of anilines is 1. The van der Waals surface area contributed by atoms with Crippen molar-refractivity contribution in [2.45, 2.75) is 38.6 Å². The minimum absolute atomic E-state index is 0.0221. The van der Waals surface area contributed by atoms with Gasteiger partial charge in [0, 0.05) is 24.3 Å². The van der Waals surface area contributed by atoms with Gasteiger partial charge >= 0.3 is 0 Å². The Bertz CT molecular complexity index is 821. The van der Waals surface area contributed by atoms with Gasteiger partial charge < -0.3 is 10.2 Å². The minimum atomic E-state index is -0.247. The van der Waals surface area contributed by atoms with Crippen LogP contribution in [0, 0.1) is 11.8 Å². The molecule has 4 rings (SSSR count). The second-order valence-electron chi connectivity index (χ2n) is 7.40. The Balaban J connectivity index is 1.46. The molecular formula is C22H25N3O2. The van der Waals surface area contributed by atoms with Crippen molar-refractivity contribution >= 4 is 17.5 Å². The lowest BCUT2D eigenvalue weighted by atomic mass is 9.77. The van der Waals surface area contributed by atoms with Gasteiger partial charge in [0.25, 0.3) is 0 Å². The zero-order valence-electron chi connectivity index (χ0n) is 15.4. The van der Waals surface area contributed by atoms with Crippen LogP contribution < -0.4 is 10.2 Å². The number of nitrogens with one attached hydrogen (secondary N) is 1. The summed E-state index contributed by atoms with van der Waals surface area (Å²) < 4.78 is 0. The molecule has 0 bridgehead atoms. The Labute approximate surface area is 159 Å². The normalized spacial score (nSPS) is 21.6. The quantitative estimate of drug-likeness (QED) is 0.908. The molecular weight excluding hydrogens is 338 g/mol. The zero-order chi connectivity index (χ0) is 18.6. The molecule has 0 saturated heterocycles. The van der Waals surface area contributed by atoms with E-state index in [-0.39, 0.29) is 23.7 Å². The number of para-hydroxylation sites is 1. The van der Waals surface area contributed by atoms with E-state index in [1.54, 1.807) is 6.20 Å². The summed E-state index contributed by atoms with van der Waals surface area (Å²) in [4.78, 5) is 32.3. The maximum atomic E-state index is 13.3. The highest BCUT2D eigenvalue weighted by Gasteiger charge is 2.39. The predicted octanol–water partition coefficient (Wildman–Crippen LogP) is 3.09. The van der Waals surface area contributed by atoms with Crippen LogP contribution >= 0.6 is 0 Å². The molecule has 1 fully saturated rings. The molecule has 27 heavy (non-hydrogen) atoms. The van der Waals surface area contributed by atoms with Crippen LogP contribution in [0.4, 0.5) is 5.69 Å². The van der Waals surface area contributed by atoms with Gasteiger partial charge in [0.1, 0.15) is 0 Å². The van der Waals surface area contributed by atoms with Crippen LogP contribution in [0.3, 0.4) is 0 Å². The summed E-state index contributed by atoms with van der Waals surface area (Å²) in [5.74, 6) is -0.389. The van der Waals surface area contributed by atoms with Crippen LogP contribution in [0.15, 0.2) is 48.7 Å². The van der Waals surface area contributed by atoms with Crippen LogP contribution in [-0.2, 0) is 22.6 Å². The fourth-order valence-electron chi connectivity index (χ4n) is 4.32. The molecule has 2 aromatic rings. The molecule has 2 heterocycles. The third-order valence-electron chi connectivity index (χ3n) is 5.74. The van der Waals surface area contributed by atoms with Crippen LogP contribution in [0.1, 0.15) is 36.9 Å². The van der Waals surface area contributed by atoms with Crippen LogP contribution in [0.5, 0.6) is 0 Å². The van der Waals surface area contributed by atoms with E-state index in [0.29, 0.717) is 6.54 Å². The van der Waals surface area contributed by atoms with Crippen molar-refractivity contribution in [3.8, 4) is 0 Å². The Morgan fingerprint density at radius 3 is 2.63 bits per heavy atom. The second kappa shape index (κ2) is 7.91. The number of aromatic nitrogens is 1. The first-order valence-electron chi connectivity index (χ1n) is 9.81. The molecule has 1 N–H and O–H groups in total. The highest BCUT2D eigenvalue weighted by Crippen LogP contribution is 2.35. The lowest BCUT2D eigenvalue weighted by Crippen LogP contribution is -2.45. The largest absolute Gasteiger partial charge is 0.350 e. The number of pyridine rings is 1. The number of benzene rings is 1. The molecule has 2 atom stereocenters. The molecule has 1 aliphatic carbocycles. The molecule has 0 radical (unpaired) electrons. The molecule has 2 unspecified atom stereocenters. The van der Waals surface area contributed by atoms with E-state index < -0.39 is 0 Å². The highest BCUT2D eigenvalue weighted by molar-refractivity contribution is 5.99. The Morgan fingerprint density at radius 2 is 1.81 bits per heavy atom. The molecule has 1 saturated carbocycles. The first-order valence-corrected chi connectivity index (χ1v) is 9.81. The minimum Gasteiger partial charge on any atom is -0.350 e. The molecule has 1 aromatic carbocycles. The van der Waals surface area contributed by atoms with Gasteiger partial charge in [-0.15, -0.1) is 0 Å². The molecule has 0 spiro atoms. The van der Waals surface area contributed by atoms with E-state index in [1.165, 1.54) is 5.56 Å². The molecule has 5 nitrogen and oxygen atoms in total. The number of hydrogen-bond donors (Lipinski definition) is 1. The first kappa shape index (κ1) is 17.7. The monoisotopic (exact) mass is 363 g/mol. The predicted molar refractivity (Wildman–Crippen MR) is 104 cm³/mol. The van der Waals surface area contributed by atoms with Gasteiger partial charge in [0.15, 0.2) is 0 Å². The van der Waals surface area contributed by atoms with E-state index in [4.69, 9.17) is 0 Å². The van der Waals surface area contributed by atoms with Crippen LogP contribution in [0.25, 0.3) is 0 Å². The highest BCUT2D eigenvalue weighted by atomic mass is 16.2. The van der Waals surface area contributed by atoms with Crippen molar-refractivity contribution in [1.82, 2.24) is 10.3 Å². The maximum Gasteiger partial charge on any atom is 0.230 e. The van der Waals surface area contributed by atoms with Crippen molar-refractivity contribution in [2.75, 3.05) is 11.4 Å². The van der Waals surface area contributed by atoms with E-state index in [0.717, 1.165) is 50.0 Å². The van der Waals surface area contributed by atoms with Gasteiger partial charge in [-0.25, -0.2) is 0 Å². The first-order chi connectivity index (χ1) is 13.2. The van der Waals surface area contributed by atoms with E-state index in [2.05, 4.69) is 16.4 Å². The number of rotatable bonds is 4. The third-order valence-corrected chi connectivity index (χ3v) is 5.74. The molecule has 1 aliphatic heterocycles. The van der Waals surface area contributed by atoms with Gasteiger partial charge in [-0.1, -0.05) is 37.1 Å². The van der Waals surface area contributed by atoms with Crippen LogP contribution in [0.2, 0.25) is 0 Å². The Morgan fingerprint density at radius 1 is 1.04 bits per heavy atom. The van der Waals surface area contributed by atoms with Gasteiger partial charge in [0.05, 0.1) is 18.2 Å². The SMILES string of the molecule is O=C(NCc1ccccn1)C1CCCCC1C(=O)N1CCc2ccccc21. The van der Waals surface area contributed by atoms with E-state index in [1.807, 2.05) is 41.3 Å². The smallest absolute Gasteiger partial charge is 0.230 e. The molecule has 140 valence electrons. The molecule has 2 aliphatic rings. The topological polar surface area (TPSA) is 62.3 Å². The second-order valence-corrected chi connectivity index (χ2v) is 7.40. The van der Waals surface area contributed by atoms with Crippen molar-refractivity contribution in [3.63, 3.8) is 0 Å². The molecule has 2 amide bonds. The fourth-order valence-corrected chi connectivity index (χ4v) is 4.32. The van der Waals surface area contributed by atoms with Gasteiger partial charge in [-0.05, 0) is 43.0 Å². The third kappa shape index (κ3) is 3.72. The van der Waals surface area contributed by atoms with E-state index in [9.17, 15) is 9.59 Å². The summed E-state index contributed by atoms with van der Waals surface area (Å²) in [6.45, 7) is 1.13. The Kier molecular flexibility index (Phi) is 5.19. The maximum absolute atomic E-state index is 13.3. The van der Waals surface area contributed by atoms with Crippen LogP contribution in [-0.4, -0.2) is 23.3 Å².